The number of benzene rings is 1. The SMILES string of the molecule is CC(Cn1ccnc1)NC(=O)C(N)c1ccccc1.Cl.Cl. The Kier molecular flexibility index (Phi) is 8.69. The molecule has 116 valence electrons. The number of nitrogens with two attached hydrogens (primary N) is 1. The largest absolute Gasteiger partial charge is 0.350 e. The van der Waals surface area contributed by atoms with Crippen molar-refractivity contribution in [3.8, 4) is 0 Å². The predicted octanol–water partition coefficient (Wildman–Crippen LogP) is 1.93. The fraction of sp³-hybridized carbons (Fsp3) is 0.286. The van der Waals surface area contributed by atoms with E-state index in [0.29, 0.717) is 6.54 Å². The zero-order valence-electron chi connectivity index (χ0n) is 11.7. The van der Waals surface area contributed by atoms with Gasteiger partial charge in [0.05, 0.1) is 6.33 Å². The highest BCUT2D eigenvalue weighted by Gasteiger charge is 2.17. The molecular formula is C14H20Cl2N4O. The summed E-state index contributed by atoms with van der Waals surface area (Å²) in [5.74, 6) is -0.168. The monoisotopic (exact) mass is 330 g/mol. The third-order valence-electron chi connectivity index (χ3n) is 2.87. The third kappa shape index (κ3) is 5.75. The number of amides is 1. The van der Waals surface area contributed by atoms with Gasteiger partial charge in [-0.3, -0.25) is 4.79 Å². The second-order valence-electron chi connectivity index (χ2n) is 4.56. The second kappa shape index (κ2) is 9.39. The quantitative estimate of drug-likeness (QED) is 0.879. The number of rotatable bonds is 5. The Morgan fingerprint density at radius 2 is 2.00 bits per heavy atom. The summed E-state index contributed by atoms with van der Waals surface area (Å²) in [7, 11) is 0. The van der Waals surface area contributed by atoms with Crippen molar-refractivity contribution < 1.29 is 4.79 Å². The molecule has 0 saturated heterocycles. The van der Waals surface area contributed by atoms with Crippen LogP contribution in [0.3, 0.4) is 0 Å². The van der Waals surface area contributed by atoms with E-state index in [-0.39, 0.29) is 36.8 Å². The smallest absolute Gasteiger partial charge is 0.241 e. The molecule has 0 saturated carbocycles. The van der Waals surface area contributed by atoms with Crippen molar-refractivity contribution in [3.63, 3.8) is 0 Å². The van der Waals surface area contributed by atoms with E-state index < -0.39 is 6.04 Å². The van der Waals surface area contributed by atoms with E-state index in [9.17, 15) is 4.79 Å². The molecule has 2 atom stereocenters. The summed E-state index contributed by atoms with van der Waals surface area (Å²) in [6, 6.07) is 8.71. The van der Waals surface area contributed by atoms with Gasteiger partial charge in [-0.1, -0.05) is 30.3 Å². The summed E-state index contributed by atoms with van der Waals surface area (Å²) in [4.78, 5) is 16.0. The molecule has 0 aliphatic heterocycles. The van der Waals surface area contributed by atoms with Gasteiger partial charge in [0.1, 0.15) is 6.04 Å². The van der Waals surface area contributed by atoms with Crippen molar-refractivity contribution in [1.29, 1.82) is 0 Å². The maximum atomic E-state index is 12.0. The van der Waals surface area contributed by atoms with E-state index in [4.69, 9.17) is 5.73 Å². The molecule has 0 spiro atoms. The van der Waals surface area contributed by atoms with Gasteiger partial charge in [0.25, 0.3) is 0 Å². The molecule has 0 bridgehead atoms. The van der Waals surface area contributed by atoms with Gasteiger partial charge in [-0.05, 0) is 12.5 Å². The lowest BCUT2D eigenvalue weighted by molar-refractivity contribution is -0.123. The molecular weight excluding hydrogens is 311 g/mol. The average Bonchev–Trinajstić information content (AvgIpc) is 2.91. The van der Waals surface area contributed by atoms with Gasteiger partial charge in [0.2, 0.25) is 5.91 Å². The number of hydrogen-bond donors (Lipinski definition) is 2. The van der Waals surface area contributed by atoms with Gasteiger partial charge in [0.15, 0.2) is 0 Å². The second-order valence-corrected chi connectivity index (χ2v) is 4.56. The first-order valence-electron chi connectivity index (χ1n) is 6.23. The van der Waals surface area contributed by atoms with Gasteiger partial charge in [0, 0.05) is 25.0 Å². The Bertz CT molecular complexity index is 519. The predicted molar refractivity (Wildman–Crippen MR) is 87.7 cm³/mol. The molecule has 1 amide bonds. The number of nitrogens with zero attached hydrogens (tertiary/aromatic N) is 2. The molecule has 2 rings (SSSR count). The molecule has 7 heteroatoms. The molecule has 0 fully saturated rings. The summed E-state index contributed by atoms with van der Waals surface area (Å²) in [5.41, 5.74) is 6.74. The van der Waals surface area contributed by atoms with E-state index in [0.717, 1.165) is 5.56 Å². The van der Waals surface area contributed by atoms with E-state index in [1.807, 2.05) is 48.0 Å². The normalized spacial score (nSPS) is 12.5. The van der Waals surface area contributed by atoms with Crippen molar-refractivity contribution in [3.05, 3.63) is 54.6 Å². The summed E-state index contributed by atoms with van der Waals surface area (Å²) in [6.45, 7) is 2.61. The molecule has 0 aliphatic carbocycles. The van der Waals surface area contributed by atoms with Gasteiger partial charge >= 0.3 is 0 Å². The lowest BCUT2D eigenvalue weighted by Crippen LogP contribution is -2.41. The molecule has 1 aromatic heterocycles. The number of nitrogens with one attached hydrogen (secondary N) is 1. The van der Waals surface area contributed by atoms with Gasteiger partial charge in [-0.2, -0.15) is 0 Å². The average molecular weight is 331 g/mol. The van der Waals surface area contributed by atoms with E-state index >= 15 is 0 Å². The zero-order chi connectivity index (χ0) is 13.7. The van der Waals surface area contributed by atoms with Crippen LogP contribution < -0.4 is 11.1 Å². The lowest BCUT2D eigenvalue weighted by atomic mass is 10.1. The molecule has 5 nitrogen and oxygen atoms in total. The summed E-state index contributed by atoms with van der Waals surface area (Å²) in [5, 5.41) is 2.90. The highest BCUT2D eigenvalue weighted by Crippen LogP contribution is 2.09. The third-order valence-corrected chi connectivity index (χ3v) is 2.87. The topological polar surface area (TPSA) is 72.9 Å². The van der Waals surface area contributed by atoms with Crippen LogP contribution >= 0.6 is 24.8 Å². The summed E-state index contributed by atoms with van der Waals surface area (Å²) >= 11 is 0. The van der Waals surface area contributed by atoms with Gasteiger partial charge in [-0.15, -0.1) is 24.8 Å². The Morgan fingerprint density at radius 1 is 1.33 bits per heavy atom. The van der Waals surface area contributed by atoms with Crippen LogP contribution in [0.5, 0.6) is 0 Å². The lowest BCUT2D eigenvalue weighted by Gasteiger charge is -2.18. The van der Waals surface area contributed by atoms with Crippen molar-refractivity contribution in [2.24, 2.45) is 5.73 Å². The number of aromatic nitrogens is 2. The van der Waals surface area contributed by atoms with Crippen molar-refractivity contribution in [2.75, 3.05) is 0 Å². The number of halogens is 2. The molecule has 1 heterocycles. The van der Waals surface area contributed by atoms with Gasteiger partial charge in [-0.25, -0.2) is 4.98 Å². The molecule has 21 heavy (non-hydrogen) atoms. The fourth-order valence-electron chi connectivity index (χ4n) is 1.90. The maximum absolute atomic E-state index is 12.0. The molecule has 1 aromatic carbocycles. The minimum atomic E-state index is -0.633. The maximum Gasteiger partial charge on any atom is 0.241 e. The minimum Gasteiger partial charge on any atom is -0.350 e. The first-order chi connectivity index (χ1) is 9.16. The van der Waals surface area contributed by atoms with Crippen LogP contribution in [0.1, 0.15) is 18.5 Å². The molecule has 0 aliphatic rings. The van der Waals surface area contributed by atoms with Crippen molar-refractivity contribution in [1.82, 2.24) is 14.9 Å². The van der Waals surface area contributed by atoms with Crippen LogP contribution in [0.2, 0.25) is 0 Å². The van der Waals surface area contributed by atoms with Gasteiger partial charge < -0.3 is 15.6 Å². The highest BCUT2D eigenvalue weighted by atomic mass is 35.5. The fourth-order valence-corrected chi connectivity index (χ4v) is 1.90. The van der Waals surface area contributed by atoms with Crippen LogP contribution in [-0.4, -0.2) is 21.5 Å². The first kappa shape index (κ1) is 19.4. The molecule has 2 aromatic rings. The number of carbonyl (C=O) groups excluding carboxylic acids is 1. The zero-order valence-corrected chi connectivity index (χ0v) is 13.3. The van der Waals surface area contributed by atoms with Crippen LogP contribution in [0.4, 0.5) is 0 Å². The number of hydrogen-bond acceptors (Lipinski definition) is 3. The van der Waals surface area contributed by atoms with E-state index in [2.05, 4.69) is 10.3 Å². The Morgan fingerprint density at radius 3 is 2.57 bits per heavy atom. The number of imidazole rings is 1. The summed E-state index contributed by atoms with van der Waals surface area (Å²) in [6.07, 6.45) is 5.30. The highest BCUT2D eigenvalue weighted by molar-refractivity contribution is 5.85. The van der Waals surface area contributed by atoms with E-state index in [1.54, 1.807) is 12.5 Å². The Hall–Kier alpha value is -1.56. The van der Waals surface area contributed by atoms with Crippen LogP contribution in [0, 0.1) is 0 Å². The van der Waals surface area contributed by atoms with Crippen LogP contribution in [0.25, 0.3) is 0 Å². The molecule has 3 N–H and O–H groups in total. The first-order valence-corrected chi connectivity index (χ1v) is 6.23. The summed E-state index contributed by atoms with van der Waals surface area (Å²) < 4.78 is 1.92. The molecule has 2 unspecified atom stereocenters. The van der Waals surface area contributed by atoms with Crippen LogP contribution in [0.15, 0.2) is 49.1 Å². The molecule has 0 radical (unpaired) electrons. The van der Waals surface area contributed by atoms with Crippen molar-refractivity contribution in [2.45, 2.75) is 25.6 Å². The standard InChI is InChI=1S/C14H18N4O.2ClH/c1-11(9-18-8-7-16-10-18)17-14(19)13(15)12-5-3-2-4-6-12;;/h2-8,10-11,13H,9,15H2,1H3,(H,17,19);2*1H. The van der Waals surface area contributed by atoms with Crippen LogP contribution in [-0.2, 0) is 11.3 Å². The van der Waals surface area contributed by atoms with Crippen molar-refractivity contribution >= 4 is 30.7 Å². The Balaban J connectivity index is 0.00000200. The van der Waals surface area contributed by atoms with E-state index in [1.165, 1.54) is 0 Å². The Labute approximate surface area is 136 Å². The number of carbonyl (C=O) groups is 1. The minimum absolute atomic E-state index is 0.